The Kier molecular flexibility index (Phi) is 4.93. The van der Waals surface area contributed by atoms with Gasteiger partial charge in [0.1, 0.15) is 0 Å². The van der Waals surface area contributed by atoms with Crippen LogP contribution in [-0.4, -0.2) is 31.3 Å². The maximum absolute atomic E-state index is 4.63. The fourth-order valence-electron chi connectivity index (χ4n) is 2.34. The van der Waals surface area contributed by atoms with Crippen LogP contribution in [0.15, 0.2) is 10.7 Å². The van der Waals surface area contributed by atoms with Gasteiger partial charge >= 0.3 is 0 Å². The molecule has 2 aromatic rings. The third-order valence-electron chi connectivity index (χ3n) is 3.33. The van der Waals surface area contributed by atoms with Crippen molar-refractivity contribution in [3.63, 3.8) is 0 Å². The molecule has 2 heterocycles. The summed E-state index contributed by atoms with van der Waals surface area (Å²) in [4.78, 5) is 0. The van der Waals surface area contributed by atoms with Crippen molar-refractivity contribution in [3.8, 4) is 0 Å². The Morgan fingerprint density at radius 3 is 2.60 bits per heavy atom. The molecule has 0 amide bonds. The van der Waals surface area contributed by atoms with E-state index in [0.717, 1.165) is 41.2 Å². The standard InChI is InChI=1S/C13H21BrN6/c1-5-9-8-10(20(7-3)17-9)11(15-6-2)12-13(14)16-18-19(12)4/h8,11,15H,5-7H2,1-4H3. The molecule has 0 spiro atoms. The van der Waals surface area contributed by atoms with E-state index in [4.69, 9.17) is 0 Å². The number of nitrogens with zero attached hydrogens (tertiary/aromatic N) is 5. The Bertz CT molecular complexity index is 554. The highest BCUT2D eigenvalue weighted by Gasteiger charge is 2.25. The van der Waals surface area contributed by atoms with Crippen molar-refractivity contribution in [1.82, 2.24) is 30.1 Å². The van der Waals surface area contributed by atoms with Crippen molar-refractivity contribution in [3.05, 3.63) is 27.8 Å². The van der Waals surface area contributed by atoms with Crippen molar-refractivity contribution in [2.75, 3.05) is 6.54 Å². The first-order chi connectivity index (χ1) is 9.62. The third-order valence-corrected chi connectivity index (χ3v) is 3.89. The van der Waals surface area contributed by atoms with Crippen molar-refractivity contribution in [2.45, 2.75) is 39.8 Å². The van der Waals surface area contributed by atoms with Gasteiger partial charge in [0.15, 0.2) is 4.60 Å². The van der Waals surface area contributed by atoms with Gasteiger partial charge in [-0.05, 0) is 41.9 Å². The second-order valence-electron chi connectivity index (χ2n) is 4.61. The molecule has 0 aliphatic heterocycles. The van der Waals surface area contributed by atoms with Crippen LogP contribution < -0.4 is 5.32 Å². The van der Waals surface area contributed by atoms with E-state index >= 15 is 0 Å². The van der Waals surface area contributed by atoms with Gasteiger partial charge < -0.3 is 5.32 Å². The lowest BCUT2D eigenvalue weighted by Crippen LogP contribution is -2.27. The Labute approximate surface area is 127 Å². The van der Waals surface area contributed by atoms with E-state index in [1.807, 2.05) is 11.7 Å². The highest BCUT2D eigenvalue weighted by atomic mass is 79.9. The molecule has 0 bridgehead atoms. The van der Waals surface area contributed by atoms with E-state index < -0.39 is 0 Å². The fraction of sp³-hybridized carbons (Fsp3) is 0.615. The van der Waals surface area contributed by atoms with Crippen LogP contribution in [0.25, 0.3) is 0 Å². The normalized spacial score (nSPS) is 12.8. The van der Waals surface area contributed by atoms with Crippen molar-refractivity contribution < 1.29 is 0 Å². The second kappa shape index (κ2) is 6.49. The summed E-state index contributed by atoms with van der Waals surface area (Å²) >= 11 is 3.49. The van der Waals surface area contributed by atoms with E-state index in [9.17, 15) is 0 Å². The number of hydrogen-bond donors (Lipinski definition) is 1. The monoisotopic (exact) mass is 340 g/mol. The Morgan fingerprint density at radius 1 is 1.35 bits per heavy atom. The molecular formula is C13H21BrN6. The number of aromatic nitrogens is 5. The highest BCUT2D eigenvalue weighted by molar-refractivity contribution is 9.10. The van der Waals surface area contributed by atoms with Gasteiger partial charge in [-0.3, -0.25) is 4.68 Å². The molecule has 110 valence electrons. The van der Waals surface area contributed by atoms with Crippen LogP contribution >= 0.6 is 15.9 Å². The van der Waals surface area contributed by atoms with Gasteiger partial charge in [0.25, 0.3) is 0 Å². The third kappa shape index (κ3) is 2.78. The SMILES string of the molecule is CCNC(c1c(Br)nnn1C)c1cc(CC)nn1CC. The molecule has 0 aliphatic rings. The molecule has 0 aromatic carbocycles. The summed E-state index contributed by atoms with van der Waals surface area (Å²) in [7, 11) is 1.91. The molecule has 1 N–H and O–H groups in total. The first kappa shape index (κ1) is 15.2. The minimum atomic E-state index is 0.0297. The number of hydrogen-bond acceptors (Lipinski definition) is 4. The number of rotatable bonds is 6. The topological polar surface area (TPSA) is 60.6 Å². The molecular weight excluding hydrogens is 320 g/mol. The number of halogens is 1. The summed E-state index contributed by atoms with van der Waals surface area (Å²) < 4.78 is 4.62. The molecule has 6 nitrogen and oxygen atoms in total. The van der Waals surface area contributed by atoms with Crippen LogP contribution in [0, 0.1) is 0 Å². The summed E-state index contributed by atoms with van der Waals surface area (Å²) in [5, 5.41) is 16.3. The molecule has 7 heteroatoms. The van der Waals surface area contributed by atoms with Crippen LogP contribution in [0.1, 0.15) is 43.9 Å². The number of nitrogens with one attached hydrogen (secondary N) is 1. The average Bonchev–Trinajstić information content (AvgIpc) is 3.00. The second-order valence-corrected chi connectivity index (χ2v) is 5.36. The van der Waals surface area contributed by atoms with E-state index in [0.29, 0.717) is 0 Å². The van der Waals surface area contributed by atoms with E-state index in [1.165, 1.54) is 0 Å². The minimum absolute atomic E-state index is 0.0297. The molecule has 0 radical (unpaired) electrons. The number of aryl methyl sites for hydroxylation is 3. The predicted molar refractivity (Wildman–Crippen MR) is 81.5 cm³/mol. The lowest BCUT2D eigenvalue weighted by atomic mass is 10.1. The summed E-state index contributed by atoms with van der Waals surface area (Å²) in [6.45, 7) is 8.03. The van der Waals surface area contributed by atoms with E-state index in [2.05, 4.69) is 63.5 Å². The van der Waals surface area contributed by atoms with Gasteiger partial charge in [0, 0.05) is 13.6 Å². The quantitative estimate of drug-likeness (QED) is 0.874. The lowest BCUT2D eigenvalue weighted by Gasteiger charge is -2.19. The predicted octanol–water partition coefficient (Wildman–Crippen LogP) is 2.06. The summed E-state index contributed by atoms with van der Waals surface area (Å²) in [5.74, 6) is 0. The fourth-order valence-corrected chi connectivity index (χ4v) is 2.89. The van der Waals surface area contributed by atoms with Crippen molar-refractivity contribution >= 4 is 15.9 Å². The Balaban J connectivity index is 2.51. The van der Waals surface area contributed by atoms with Crippen LogP contribution in [0.5, 0.6) is 0 Å². The zero-order chi connectivity index (χ0) is 14.7. The highest BCUT2D eigenvalue weighted by Crippen LogP contribution is 2.27. The average molecular weight is 341 g/mol. The molecule has 20 heavy (non-hydrogen) atoms. The van der Waals surface area contributed by atoms with Crippen LogP contribution in [0.2, 0.25) is 0 Å². The largest absolute Gasteiger partial charge is 0.304 e. The summed E-state index contributed by atoms with van der Waals surface area (Å²) in [6.07, 6.45) is 0.934. The van der Waals surface area contributed by atoms with Crippen LogP contribution in [0.4, 0.5) is 0 Å². The molecule has 2 aromatic heterocycles. The van der Waals surface area contributed by atoms with Crippen LogP contribution in [-0.2, 0) is 20.0 Å². The molecule has 1 unspecified atom stereocenters. The minimum Gasteiger partial charge on any atom is -0.304 e. The van der Waals surface area contributed by atoms with Gasteiger partial charge in [-0.2, -0.15) is 5.10 Å². The van der Waals surface area contributed by atoms with Crippen LogP contribution in [0.3, 0.4) is 0 Å². The van der Waals surface area contributed by atoms with Gasteiger partial charge in [0.2, 0.25) is 0 Å². The molecule has 0 fully saturated rings. The van der Waals surface area contributed by atoms with Gasteiger partial charge in [-0.25, -0.2) is 4.68 Å². The summed E-state index contributed by atoms with van der Waals surface area (Å²) in [5.41, 5.74) is 3.28. The Hall–Kier alpha value is -1.21. The van der Waals surface area contributed by atoms with Crippen molar-refractivity contribution in [1.29, 1.82) is 0 Å². The van der Waals surface area contributed by atoms with Crippen molar-refractivity contribution in [2.24, 2.45) is 7.05 Å². The first-order valence-electron chi connectivity index (χ1n) is 6.97. The van der Waals surface area contributed by atoms with E-state index in [1.54, 1.807) is 4.68 Å². The molecule has 0 saturated heterocycles. The molecule has 1 atom stereocenters. The first-order valence-corrected chi connectivity index (χ1v) is 7.76. The zero-order valence-corrected chi connectivity index (χ0v) is 14.0. The zero-order valence-electron chi connectivity index (χ0n) is 12.4. The summed E-state index contributed by atoms with van der Waals surface area (Å²) in [6, 6.07) is 2.19. The van der Waals surface area contributed by atoms with Gasteiger partial charge in [-0.15, -0.1) is 5.10 Å². The van der Waals surface area contributed by atoms with Gasteiger partial charge in [-0.1, -0.05) is 19.1 Å². The van der Waals surface area contributed by atoms with E-state index in [-0.39, 0.29) is 6.04 Å². The molecule has 0 saturated carbocycles. The molecule has 0 aliphatic carbocycles. The maximum Gasteiger partial charge on any atom is 0.153 e. The Morgan fingerprint density at radius 2 is 2.10 bits per heavy atom. The molecule has 2 rings (SSSR count). The smallest absolute Gasteiger partial charge is 0.153 e. The lowest BCUT2D eigenvalue weighted by molar-refractivity contribution is 0.511. The maximum atomic E-state index is 4.63. The van der Waals surface area contributed by atoms with Gasteiger partial charge in [0.05, 0.1) is 23.1 Å².